The second-order valence-corrected chi connectivity index (χ2v) is 5.57. The van der Waals surface area contributed by atoms with Crippen LogP contribution in [0, 0.1) is 0 Å². The van der Waals surface area contributed by atoms with Gasteiger partial charge in [-0.3, -0.25) is 0 Å². The number of hydrogen-bond acceptors (Lipinski definition) is 4. The zero-order valence-electron chi connectivity index (χ0n) is 11.5. The summed E-state index contributed by atoms with van der Waals surface area (Å²) in [6.45, 7) is 1.98. The van der Waals surface area contributed by atoms with E-state index in [0.717, 1.165) is 21.0 Å². The monoisotopic (exact) mass is 343 g/mol. The molecule has 1 heterocycles. The molecule has 0 amide bonds. The van der Waals surface area contributed by atoms with E-state index in [9.17, 15) is 0 Å². The van der Waals surface area contributed by atoms with Gasteiger partial charge in [0.1, 0.15) is 17.4 Å². The minimum atomic E-state index is 0.418. The molecule has 0 bridgehead atoms. The molecule has 5 heteroatoms. The maximum atomic E-state index is 5.80. The van der Waals surface area contributed by atoms with E-state index in [4.69, 9.17) is 10.5 Å². The predicted molar refractivity (Wildman–Crippen MR) is 87.5 cm³/mol. The van der Waals surface area contributed by atoms with Crippen molar-refractivity contribution in [3.63, 3.8) is 0 Å². The first-order valence-electron chi connectivity index (χ1n) is 6.64. The fraction of sp³-hybridized carbons (Fsp3) is 0.125. The number of benzene rings is 2. The Balaban J connectivity index is 1.94. The predicted octanol–water partition coefficient (Wildman–Crippen LogP) is 4.33. The summed E-state index contributed by atoms with van der Waals surface area (Å²) in [4.78, 5) is 8.46. The van der Waals surface area contributed by atoms with Crippen molar-refractivity contribution in [2.24, 2.45) is 0 Å². The fourth-order valence-corrected chi connectivity index (χ4v) is 2.46. The molecular weight excluding hydrogens is 330 g/mol. The molecular formula is C16H14BrN3O. The normalized spacial score (nSPS) is 10.8. The molecule has 0 fully saturated rings. The van der Waals surface area contributed by atoms with Gasteiger partial charge in [0.2, 0.25) is 5.88 Å². The molecule has 0 unspecified atom stereocenters. The molecule has 0 atom stereocenters. The van der Waals surface area contributed by atoms with Crippen molar-refractivity contribution < 1.29 is 4.74 Å². The molecule has 2 aromatic carbocycles. The van der Waals surface area contributed by atoms with Gasteiger partial charge in [0, 0.05) is 17.0 Å². The Morgan fingerprint density at radius 1 is 1.05 bits per heavy atom. The minimum absolute atomic E-state index is 0.418. The van der Waals surface area contributed by atoms with Crippen molar-refractivity contribution in [2.45, 2.75) is 13.3 Å². The van der Waals surface area contributed by atoms with Crippen LogP contribution in [0.15, 0.2) is 46.9 Å². The lowest BCUT2D eigenvalue weighted by Crippen LogP contribution is -2.00. The molecule has 0 radical (unpaired) electrons. The van der Waals surface area contributed by atoms with Crippen LogP contribution in [0.5, 0.6) is 11.6 Å². The quantitative estimate of drug-likeness (QED) is 0.768. The number of rotatable bonds is 3. The third kappa shape index (κ3) is 3.13. The number of halogens is 1. The molecule has 1 aromatic heterocycles. The topological polar surface area (TPSA) is 61.0 Å². The van der Waals surface area contributed by atoms with Crippen molar-refractivity contribution >= 4 is 32.5 Å². The second kappa shape index (κ2) is 5.69. The Labute approximate surface area is 131 Å². The van der Waals surface area contributed by atoms with Crippen molar-refractivity contribution in [1.82, 2.24) is 9.97 Å². The number of aryl methyl sites for hydroxylation is 1. The van der Waals surface area contributed by atoms with Gasteiger partial charge in [0.25, 0.3) is 0 Å². The summed E-state index contributed by atoms with van der Waals surface area (Å²) in [7, 11) is 0. The van der Waals surface area contributed by atoms with Crippen LogP contribution in [-0.2, 0) is 6.42 Å². The Morgan fingerprint density at radius 2 is 1.81 bits per heavy atom. The molecule has 21 heavy (non-hydrogen) atoms. The highest BCUT2D eigenvalue weighted by Gasteiger charge is 2.05. The van der Waals surface area contributed by atoms with E-state index in [1.807, 2.05) is 37.3 Å². The van der Waals surface area contributed by atoms with Crippen molar-refractivity contribution in [2.75, 3.05) is 5.73 Å². The van der Waals surface area contributed by atoms with E-state index in [1.165, 1.54) is 0 Å². The number of nitrogen functional groups attached to an aromatic ring is 1. The number of ether oxygens (including phenoxy) is 1. The molecule has 0 aliphatic carbocycles. The smallest absolute Gasteiger partial charge is 0.224 e. The maximum Gasteiger partial charge on any atom is 0.224 e. The summed E-state index contributed by atoms with van der Waals surface area (Å²) in [5.41, 5.74) is 5.76. The van der Waals surface area contributed by atoms with Gasteiger partial charge in [0.05, 0.1) is 0 Å². The van der Waals surface area contributed by atoms with E-state index < -0.39 is 0 Å². The number of anilines is 1. The fourth-order valence-electron chi connectivity index (χ4n) is 2.08. The summed E-state index contributed by atoms with van der Waals surface area (Å²) < 4.78 is 6.85. The third-order valence-electron chi connectivity index (χ3n) is 3.08. The SMILES string of the molecule is CCc1nc(N)cc(Oc2ccc3cc(Br)ccc3c2)n1. The van der Waals surface area contributed by atoms with Gasteiger partial charge < -0.3 is 10.5 Å². The van der Waals surface area contributed by atoms with Gasteiger partial charge in [-0.15, -0.1) is 0 Å². The first kappa shape index (κ1) is 13.8. The van der Waals surface area contributed by atoms with E-state index in [1.54, 1.807) is 6.07 Å². The van der Waals surface area contributed by atoms with Crippen molar-refractivity contribution in [3.05, 3.63) is 52.8 Å². The zero-order valence-corrected chi connectivity index (χ0v) is 13.1. The summed E-state index contributed by atoms with van der Waals surface area (Å²) in [5.74, 6) is 2.29. The molecule has 2 N–H and O–H groups in total. The van der Waals surface area contributed by atoms with Crippen LogP contribution < -0.4 is 10.5 Å². The van der Waals surface area contributed by atoms with Crippen LogP contribution in [0.25, 0.3) is 10.8 Å². The van der Waals surface area contributed by atoms with Crippen molar-refractivity contribution in [3.8, 4) is 11.6 Å². The first-order valence-corrected chi connectivity index (χ1v) is 7.44. The standard InChI is InChI=1S/C16H14BrN3O/c1-2-15-19-14(18)9-16(20-15)21-13-6-4-10-7-12(17)5-3-11(10)8-13/h3-9H,2H2,1H3,(H2,18,19,20). The minimum Gasteiger partial charge on any atom is -0.439 e. The molecule has 4 nitrogen and oxygen atoms in total. The highest BCUT2D eigenvalue weighted by atomic mass is 79.9. The molecule has 3 rings (SSSR count). The van der Waals surface area contributed by atoms with Gasteiger partial charge in [-0.2, -0.15) is 4.98 Å². The number of aromatic nitrogens is 2. The Hall–Kier alpha value is -2.14. The molecule has 0 aliphatic heterocycles. The van der Waals surface area contributed by atoms with Crippen LogP contribution in [0.4, 0.5) is 5.82 Å². The van der Waals surface area contributed by atoms with Gasteiger partial charge in [-0.05, 0) is 35.0 Å². The molecule has 0 aliphatic rings. The van der Waals surface area contributed by atoms with Crippen molar-refractivity contribution in [1.29, 1.82) is 0 Å². The lowest BCUT2D eigenvalue weighted by atomic mass is 10.1. The lowest BCUT2D eigenvalue weighted by Gasteiger charge is -2.08. The van der Waals surface area contributed by atoms with Gasteiger partial charge >= 0.3 is 0 Å². The van der Waals surface area contributed by atoms with Gasteiger partial charge in [-0.1, -0.05) is 35.0 Å². The van der Waals surface area contributed by atoms with Crippen LogP contribution in [0.3, 0.4) is 0 Å². The van der Waals surface area contributed by atoms with Gasteiger partial charge in [0.15, 0.2) is 0 Å². The Morgan fingerprint density at radius 3 is 2.62 bits per heavy atom. The third-order valence-corrected chi connectivity index (χ3v) is 3.57. The Kier molecular flexibility index (Phi) is 3.75. The van der Waals surface area contributed by atoms with Gasteiger partial charge in [-0.25, -0.2) is 4.98 Å². The number of fused-ring (bicyclic) bond motifs is 1. The number of nitrogens with zero attached hydrogens (tertiary/aromatic N) is 2. The molecule has 0 saturated carbocycles. The molecule has 0 spiro atoms. The van der Waals surface area contributed by atoms with E-state index >= 15 is 0 Å². The molecule has 0 saturated heterocycles. The molecule has 3 aromatic rings. The second-order valence-electron chi connectivity index (χ2n) is 4.66. The van der Waals surface area contributed by atoms with Crippen LogP contribution in [0.1, 0.15) is 12.7 Å². The summed E-state index contributed by atoms with van der Waals surface area (Å²) in [6.07, 6.45) is 0.715. The number of hydrogen-bond donors (Lipinski definition) is 1. The average molecular weight is 344 g/mol. The van der Waals surface area contributed by atoms with Crippen LogP contribution in [-0.4, -0.2) is 9.97 Å². The Bertz CT molecular complexity index is 805. The zero-order chi connectivity index (χ0) is 14.8. The first-order chi connectivity index (χ1) is 10.1. The number of nitrogens with two attached hydrogens (primary N) is 1. The van der Waals surface area contributed by atoms with E-state index in [-0.39, 0.29) is 0 Å². The van der Waals surface area contributed by atoms with Crippen LogP contribution in [0.2, 0.25) is 0 Å². The maximum absolute atomic E-state index is 5.80. The highest BCUT2D eigenvalue weighted by molar-refractivity contribution is 9.10. The largest absolute Gasteiger partial charge is 0.439 e. The lowest BCUT2D eigenvalue weighted by molar-refractivity contribution is 0.460. The average Bonchev–Trinajstić information content (AvgIpc) is 2.47. The summed E-state index contributed by atoms with van der Waals surface area (Å²) in [5, 5.41) is 2.25. The van der Waals surface area contributed by atoms with E-state index in [0.29, 0.717) is 23.9 Å². The van der Waals surface area contributed by atoms with Crippen LogP contribution >= 0.6 is 15.9 Å². The van der Waals surface area contributed by atoms with E-state index in [2.05, 4.69) is 32.0 Å². The summed E-state index contributed by atoms with van der Waals surface area (Å²) in [6, 6.07) is 13.6. The summed E-state index contributed by atoms with van der Waals surface area (Å²) >= 11 is 3.47. The highest BCUT2D eigenvalue weighted by Crippen LogP contribution is 2.27. The molecule has 106 valence electrons.